The smallest absolute Gasteiger partial charge is 0.292 e. The lowest BCUT2D eigenvalue weighted by molar-refractivity contribution is -0.383. The molecule has 1 aromatic carbocycles. The van der Waals surface area contributed by atoms with Gasteiger partial charge in [-0.3, -0.25) is 10.1 Å². The summed E-state index contributed by atoms with van der Waals surface area (Å²) in [6, 6.07) is 6.53. The van der Waals surface area contributed by atoms with E-state index in [1.807, 2.05) is 4.90 Å². The van der Waals surface area contributed by atoms with Crippen molar-refractivity contribution in [1.82, 2.24) is 4.90 Å². The highest BCUT2D eigenvalue weighted by molar-refractivity contribution is 7.80. The molecule has 1 fully saturated rings. The summed E-state index contributed by atoms with van der Waals surface area (Å²) in [6.07, 6.45) is 2.25. The Balaban J connectivity index is 2.12. The van der Waals surface area contributed by atoms with Gasteiger partial charge in [0.1, 0.15) is 5.69 Å². The van der Waals surface area contributed by atoms with Crippen LogP contribution in [0.4, 0.5) is 11.4 Å². The number of nitrogens with zero attached hydrogens (tertiary/aromatic N) is 2. The molecule has 6 heteroatoms. The fourth-order valence-corrected chi connectivity index (χ4v) is 2.15. The van der Waals surface area contributed by atoms with Crippen LogP contribution in [0.3, 0.4) is 0 Å². The minimum atomic E-state index is -0.408. The van der Waals surface area contributed by atoms with E-state index < -0.39 is 4.92 Å². The highest BCUT2D eigenvalue weighted by atomic mass is 32.1. The Kier molecular flexibility index (Phi) is 3.53. The summed E-state index contributed by atoms with van der Waals surface area (Å²) in [5, 5.41) is 14.3. The molecule has 17 heavy (non-hydrogen) atoms. The van der Waals surface area contributed by atoms with Gasteiger partial charge in [-0.15, -0.1) is 0 Å². The van der Waals surface area contributed by atoms with Gasteiger partial charge in [-0.25, -0.2) is 0 Å². The quantitative estimate of drug-likeness (QED) is 0.497. The van der Waals surface area contributed by atoms with Crippen LogP contribution in [-0.2, 0) is 0 Å². The zero-order valence-corrected chi connectivity index (χ0v) is 10.1. The van der Waals surface area contributed by atoms with E-state index in [9.17, 15) is 10.1 Å². The number of para-hydroxylation sites is 2. The molecule has 0 aliphatic carbocycles. The number of nitro benzene ring substituents is 1. The molecule has 0 unspecified atom stereocenters. The molecule has 1 N–H and O–H groups in total. The molecule has 90 valence electrons. The van der Waals surface area contributed by atoms with Crippen LogP contribution < -0.4 is 5.32 Å². The van der Waals surface area contributed by atoms with Crippen LogP contribution in [0.5, 0.6) is 0 Å². The predicted octanol–water partition coefficient (Wildman–Crippen LogP) is 2.39. The summed E-state index contributed by atoms with van der Waals surface area (Å²) in [7, 11) is 0. The Hall–Kier alpha value is -1.69. The molecular weight excluding hydrogens is 238 g/mol. The lowest BCUT2D eigenvalue weighted by Gasteiger charge is -2.19. The Morgan fingerprint density at radius 2 is 2.00 bits per heavy atom. The lowest BCUT2D eigenvalue weighted by atomic mass is 10.3. The third-order valence-corrected chi connectivity index (χ3v) is 3.10. The predicted molar refractivity (Wildman–Crippen MR) is 70.1 cm³/mol. The van der Waals surface area contributed by atoms with Crippen LogP contribution >= 0.6 is 12.2 Å². The molecule has 1 aliphatic rings. The molecule has 0 radical (unpaired) electrons. The average Bonchev–Trinajstić information content (AvgIpc) is 2.83. The van der Waals surface area contributed by atoms with E-state index in [-0.39, 0.29) is 5.69 Å². The molecule has 0 amide bonds. The molecule has 1 aromatic rings. The third-order valence-electron chi connectivity index (χ3n) is 2.74. The van der Waals surface area contributed by atoms with E-state index in [1.165, 1.54) is 6.07 Å². The van der Waals surface area contributed by atoms with E-state index in [4.69, 9.17) is 12.2 Å². The van der Waals surface area contributed by atoms with Crippen LogP contribution in [0.15, 0.2) is 24.3 Å². The van der Waals surface area contributed by atoms with Gasteiger partial charge < -0.3 is 10.2 Å². The lowest BCUT2D eigenvalue weighted by Crippen LogP contribution is -2.32. The van der Waals surface area contributed by atoms with Gasteiger partial charge in [0.25, 0.3) is 5.69 Å². The number of rotatable bonds is 2. The van der Waals surface area contributed by atoms with Gasteiger partial charge in [0.15, 0.2) is 5.11 Å². The number of likely N-dealkylation sites (tertiary alicyclic amines) is 1. The van der Waals surface area contributed by atoms with E-state index in [2.05, 4.69) is 5.32 Å². The highest BCUT2D eigenvalue weighted by Crippen LogP contribution is 2.24. The zero-order chi connectivity index (χ0) is 12.3. The Morgan fingerprint density at radius 3 is 2.65 bits per heavy atom. The summed E-state index contributed by atoms with van der Waals surface area (Å²) in [5.41, 5.74) is 0.503. The SMILES string of the molecule is O=[N+]([O-])c1ccccc1NC(=S)N1CCCC1. The van der Waals surface area contributed by atoms with E-state index in [0.29, 0.717) is 10.8 Å². The zero-order valence-electron chi connectivity index (χ0n) is 9.26. The fourth-order valence-electron chi connectivity index (χ4n) is 1.85. The van der Waals surface area contributed by atoms with Crippen molar-refractivity contribution in [1.29, 1.82) is 0 Å². The largest absolute Gasteiger partial charge is 0.349 e. The minimum absolute atomic E-state index is 0.0500. The second-order valence-corrected chi connectivity index (χ2v) is 4.29. The van der Waals surface area contributed by atoms with Crippen LogP contribution in [-0.4, -0.2) is 28.0 Å². The van der Waals surface area contributed by atoms with E-state index in [0.717, 1.165) is 25.9 Å². The van der Waals surface area contributed by atoms with Crippen molar-refractivity contribution in [3.05, 3.63) is 34.4 Å². The molecule has 0 spiro atoms. The second kappa shape index (κ2) is 5.09. The second-order valence-electron chi connectivity index (χ2n) is 3.90. The average molecular weight is 251 g/mol. The van der Waals surface area contributed by atoms with Gasteiger partial charge in [0.2, 0.25) is 0 Å². The molecule has 0 aromatic heterocycles. The summed E-state index contributed by atoms with van der Waals surface area (Å²) in [5.74, 6) is 0. The fraction of sp³-hybridized carbons (Fsp3) is 0.364. The minimum Gasteiger partial charge on any atom is -0.349 e. The van der Waals surface area contributed by atoms with Crippen LogP contribution in [0.25, 0.3) is 0 Å². The van der Waals surface area contributed by atoms with E-state index in [1.54, 1.807) is 18.2 Å². The molecule has 0 atom stereocenters. The number of nitro groups is 1. The summed E-state index contributed by atoms with van der Waals surface area (Å²) >= 11 is 5.23. The van der Waals surface area contributed by atoms with Gasteiger partial charge in [-0.05, 0) is 31.1 Å². The molecule has 2 rings (SSSR count). The number of thiocarbonyl (C=S) groups is 1. The van der Waals surface area contributed by atoms with Crippen molar-refractivity contribution in [3.63, 3.8) is 0 Å². The molecule has 1 saturated heterocycles. The van der Waals surface area contributed by atoms with Crippen molar-refractivity contribution < 1.29 is 4.92 Å². The Labute approximate surface area is 105 Å². The molecule has 5 nitrogen and oxygen atoms in total. The number of anilines is 1. The first-order valence-electron chi connectivity index (χ1n) is 5.48. The van der Waals surface area contributed by atoms with Crippen LogP contribution in [0, 0.1) is 10.1 Å². The molecule has 1 heterocycles. The van der Waals surface area contributed by atoms with Gasteiger partial charge >= 0.3 is 0 Å². The normalized spacial score (nSPS) is 14.7. The Morgan fingerprint density at radius 1 is 1.35 bits per heavy atom. The van der Waals surface area contributed by atoms with Gasteiger partial charge in [-0.2, -0.15) is 0 Å². The standard InChI is InChI=1S/C11H13N3O2S/c15-14(16)10-6-2-1-5-9(10)12-11(17)13-7-3-4-8-13/h1-2,5-6H,3-4,7-8H2,(H,12,17). The van der Waals surface area contributed by atoms with Crippen LogP contribution in [0.1, 0.15) is 12.8 Å². The molecule has 0 bridgehead atoms. The summed E-state index contributed by atoms with van der Waals surface area (Å²) < 4.78 is 0. The monoisotopic (exact) mass is 251 g/mol. The topological polar surface area (TPSA) is 58.4 Å². The number of hydrogen-bond acceptors (Lipinski definition) is 3. The molecule has 0 saturated carbocycles. The van der Waals surface area contributed by atoms with Crippen molar-refractivity contribution in [2.75, 3.05) is 18.4 Å². The highest BCUT2D eigenvalue weighted by Gasteiger charge is 2.18. The molecule has 1 aliphatic heterocycles. The van der Waals surface area contributed by atoms with Crippen molar-refractivity contribution >= 4 is 28.7 Å². The van der Waals surface area contributed by atoms with Crippen molar-refractivity contribution in [3.8, 4) is 0 Å². The third kappa shape index (κ3) is 2.71. The first kappa shape index (κ1) is 11.8. The maximum atomic E-state index is 10.8. The maximum absolute atomic E-state index is 10.8. The number of nitrogens with one attached hydrogen (secondary N) is 1. The number of hydrogen-bond donors (Lipinski definition) is 1. The van der Waals surface area contributed by atoms with Crippen molar-refractivity contribution in [2.24, 2.45) is 0 Å². The summed E-state index contributed by atoms with van der Waals surface area (Å²) in [6.45, 7) is 1.85. The van der Waals surface area contributed by atoms with Gasteiger partial charge in [0.05, 0.1) is 4.92 Å². The van der Waals surface area contributed by atoms with Crippen LogP contribution in [0.2, 0.25) is 0 Å². The van der Waals surface area contributed by atoms with Gasteiger partial charge in [-0.1, -0.05) is 12.1 Å². The van der Waals surface area contributed by atoms with Crippen molar-refractivity contribution in [2.45, 2.75) is 12.8 Å². The Bertz CT molecular complexity index is 444. The first-order valence-corrected chi connectivity index (χ1v) is 5.88. The first-order chi connectivity index (χ1) is 8.18. The van der Waals surface area contributed by atoms with Gasteiger partial charge in [0, 0.05) is 19.2 Å². The maximum Gasteiger partial charge on any atom is 0.292 e. The summed E-state index contributed by atoms with van der Waals surface area (Å²) in [4.78, 5) is 12.5. The number of benzene rings is 1. The van der Waals surface area contributed by atoms with E-state index >= 15 is 0 Å². The molecular formula is C11H13N3O2S.